The molecule has 2 rings (SSSR count). The van der Waals surface area contributed by atoms with Crippen LogP contribution in [0, 0.1) is 11.8 Å². The Balaban J connectivity index is 1.76. The van der Waals surface area contributed by atoms with Crippen LogP contribution in [0.5, 0.6) is 0 Å². The first kappa shape index (κ1) is 21.4. The van der Waals surface area contributed by atoms with E-state index in [0.717, 1.165) is 57.8 Å². The Bertz CT molecular complexity index is 438. The summed E-state index contributed by atoms with van der Waals surface area (Å²) < 4.78 is 0. The minimum absolute atomic E-state index is 0.0920. The number of unbranched alkanes of at least 4 members (excludes halogenated alkanes) is 5. The van der Waals surface area contributed by atoms with Crippen molar-refractivity contribution in [2.24, 2.45) is 11.8 Å². The first-order valence-corrected chi connectivity index (χ1v) is 10.2. The molecular weight excluding hydrogens is 336 g/mol. The molecule has 2 fully saturated rings. The van der Waals surface area contributed by atoms with Crippen LogP contribution >= 0.6 is 0 Å². The molecule has 2 aliphatic rings. The smallest absolute Gasteiger partial charge is 0.111 e. The number of fused-ring (bicyclic) bond motifs is 2. The van der Waals surface area contributed by atoms with Gasteiger partial charge in [-0.05, 0) is 31.6 Å². The number of hydrogen-bond donors (Lipinski definition) is 1. The van der Waals surface area contributed by atoms with Gasteiger partial charge in [0, 0.05) is 18.3 Å². The lowest BCUT2D eigenvalue weighted by Gasteiger charge is -2.28. The summed E-state index contributed by atoms with van der Waals surface area (Å²) in [5.41, 5.74) is 0. The Kier molecular flexibility index (Phi) is 9.61. The number of carbonyl (C=O) groups is 1. The highest BCUT2D eigenvalue weighted by Crippen LogP contribution is 2.45. The highest BCUT2D eigenvalue weighted by atomic mass is 17.2. The largest absolute Gasteiger partial charge is 0.550 e. The van der Waals surface area contributed by atoms with Crippen LogP contribution in [0.4, 0.5) is 0 Å². The summed E-state index contributed by atoms with van der Waals surface area (Å²) in [6.07, 6.45) is 14.0. The molecule has 0 radical (unpaired) electrons. The molecule has 1 saturated carbocycles. The third kappa shape index (κ3) is 6.65. The molecule has 1 heterocycles. The molecule has 6 nitrogen and oxygen atoms in total. The van der Waals surface area contributed by atoms with Gasteiger partial charge in [-0.1, -0.05) is 57.6 Å². The van der Waals surface area contributed by atoms with Gasteiger partial charge in [-0.15, -0.1) is 0 Å². The van der Waals surface area contributed by atoms with Crippen molar-refractivity contribution in [3.8, 4) is 0 Å². The quantitative estimate of drug-likeness (QED) is 0.218. The van der Waals surface area contributed by atoms with E-state index in [1.807, 2.05) is 6.08 Å². The number of carboxylic acid groups (broad SMARTS) is 1. The SMILES string of the molecule is CCCCC[C@@H](/C=C/[C@@H]1[C@@H](CCCCCCC(=O)[O-])[C@@H]2C[C@H]1OO2)OO. The summed E-state index contributed by atoms with van der Waals surface area (Å²) in [7, 11) is 0. The van der Waals surface area contributed by atoms with Gasteiger partial charge in [0.1, 0.15) is 12.2 Å². The van der Waals surface area contributed by atoms with Crippen molar-refractivity contribution in [3.63, 3.8) is 0 Å². The van der Waals surface area contributed by atoms with Crippen LogP contribution in [0.15, 0.2) is 12.2 Å². The van der Waals surface area contributed by atoms with E-state index in [1.165, 1.54) is 0 Å². The van der Waals surface area contributed by atoms with Crippen LogP contribution in [0.3, 0.4) is 0 Å². The molecule has 5 atom stereocenters. The van der Waals surface area contributed by atoms with Crippen LogP contribution in [0.25, 0.3) is 0 Å². The molecular formula is C20H33O6-. The van der Waals surface area contributed by atoms with E-state index in [9.17, 15) is 9.90 Å². The third-order valence-electron chi connectivity index (χ3n) is 5.61. The second-order valence-corrected chi connectivity index (χ2v) is 7.60. The Hall–Kier alpha value is -0.950. The molecule has 2 bridgehead atoms. The highest BCUT2D eigenvalue weighted by molar-refractivity contribution is 5.64. The Labute approximate surface area is 156 Å². The van der Waals surface area contributed by atoms with Crippen LogP contribution in [0.2, 0.25) is 0 Å². The van der Waals surface area contributed by atoms with Gasteiger partial charge in [0.2, 0.25) is 0 Å². The molecule has 0 aromatic heterocycles. The second kappa shape index (κ2) is 11.7. The summed E-state index contributed by atoms with van der Waals surface area (Å²) in [6, 6.07) is 0. The van der Waals surface area contributed by atoms with E-state index in [1.54, 1.807) is 0 Å². The van der Waals surface area contributed by atoms with Gasteiger partial charge in [0.25, 0.3) is 0 Å². The Morgan fingerprint density at radius 3 is 2.69 bits per heavy atom. The normalized spacial score (nSPS) is 28.8. The molecule has 0 unspecified atom stereocenters. The maximum atomic E-state index is 10.4. The van der Waals surface area contributed by atoms with Crippen LogP contribution in [-0.4, -0.2) is 29.5 Å². The maximum absolute atomic E-state index is 10.4. The second-order valence-electron chi connectivity index (χ2n) is 7.60. The molecule has 0 aromatic carbocycles. The number of hydrogen-bond acceptors (Lipinski definition) is 6. The van der Waals surface area contributed by atoms with Crippen LogP contribution in [-0.2, 0) is 19.5 Å². The molecule has 1 saturated heterocycles. The van der Waals surface area contributed by atoms with Gasteiger partial charge in [-0.3, -0.25) is 5.26 Å². The minimum Gasteiger partial charge on any atom is -0.550 e. The lowest BCUT2D eigenvalue weighted by Crippen LogP contribution is -2.29. The predicted octanol–water partition coefficient (Wildman–Crippen LogP) is 3.41. The molecule has 150 valence electrons. The molecule has 0 aromatic rings. The highest BCUT2D eigenvalue weighted by Gasteiger charge is 2.49. The minimum atomic E-state index is -0.964. The maximum Gasteiger partial charge on any atom is 0.111 e. The average molecular weight is 369 g/mol. The van der Waals surface area contributed by atoms with Gasteiger partial charge in [-0.2, -0.15) is 0 Å². The van der Waals surface area contributed by atoms with Gasteiger partial charge in [0.05, 0.1) is 6.10 Å². The van der Waals surface area contributed by atoms with E-state index in [2.05, 4.69) is 17.9 Å². The fourth-order valence-electron chi connectivity index (χ4n) is 4.12. The van der Waals surface area contributed by atoms with Crippen molar-refractivity contribution < 1.29 is 29.8 Å². The first-order chi connectivity index (χ1) is 12.7. The zero-order chi connectivity index (χ0) is 18.8. The number of rotatable bonds is 14. The summed E-state index contributed by atoms with van der Waals surface area (Å²) in [4.78, 5) is 25.9. The van der Waals surface area contributed by atoms with Crippen molar-refractivity contribution in [1.29, 1.82) is 0 Å². The van der Waals surface area contributed by atoms with Crippen molar-refractivity contribution >= 4 is 5.97 Å². The Morgan fingerprint density at radius 2 is 1.96 bits per heavy atom. The number of carboxylic acids is 1. The van der Waals surface area contributed by atoms with E-state index in [-0.39, 0.29) is 24.7 Å². The summed E-state index contributed by atoms with van der Waals surface area (Å²) in [5.74, 6) is -0.254. The summed E-state index contributed by atoms with van der Waals surface area (Å²) in [6.45, 7) is 2.15. The van der Waals surface area contributed by atoms with Crippen molar-refractivity contribution in [2.75, 3.05) is 0 Å². The van der Waals surface area contributed by atoms with Crippen molar-refractivity contribution in [2.45, 2.75) is 95.9 Å². The molecule has 6 heteroatoms. The Morgan fingerprint density at radius 1 is 1.19 bits per heavy atom. The van der Waals surface area contributed by atoms with Gasteiger partial charge in [-0.25, -0.2) is 14.7 Å². The van der Waals surface area contributed by atoms with Gasteiger partial charge >= 0.3 is 0 Å². The van der Waals surface area contributed by atoms with Crippen molar-refractivity contribution in [1.82, 2.24) is 0 Å². The van der Waals surface area contributed by atoms with E-state index in [4.69, 9.17) is 15.0 Å². The van der Waals surface area contributed by atoms with E-state index >= 15 is 0 Å². The lowest BCUT2D eigenvalue weighted by molar-refractivity contribution is -0.337. The molecule has 1 aliphatic carbocycles. The zero-order valence-corrected chi connectivity index (χ0v) is 15.8. The summed E-state index contributed by atoms with van der Waals surface area (Å²) >= 11 is 0. The fourth-order valence-corrected chi connectivity index (χ4v) is 4.12. The summed E-state index contributed by atoms with van der Waals surface area (Å²) in [5, 5.41) is 19.5. The monoisotopic (exact) mass is 369 g/mol. The van der Waals surface area contributed by atoms with Crippen LogP contribution < -0.4 is 5.11 Å². The topological polar surface area (TPSA) is 88.1 Å². The zero-order valence-electron chi connectivity index (χ0n) is 15.8. The molecule has 0 amide bonds. The molecule has 26 heavy (non-hydrogen) atoms. The predicted molar refractivity (Wildman–Crippen MR) is 94.8 cm³/mol. The van der Waals surface area contributed by atoms with Crippen LogP contribution in [0.1, 0.15) is 77.6 Å². The lowest BCUT2D eigenvalue weighted by atomic mass is 9.87. The molecule has 1 N–H and O–H groups in total. The number of carbonyl (C=O) groups excluding carboxylic acids is 1. The molecule has 0 spiro atoms. The average Bonchev–Trinajstić information content (AvgIpc) is 3.22. The molecule has 1 aliphatic heterocycles. The third-order valence-corrected chi connectivity index (χ3v) is 5.61. The van der Waals surface area contributed by atoms with Crippen molar-refractivity contribution in [3.05, 3.63) is 12.2 Å². The van der Waals surface area contributed by atoms with E-state index in [0.29, 0.717) is 18.3 Å². The number of aliphatic carboxylic acids is 1. The first-order valence-electron chi connectivity index (χ1n) is 10.2. The standard InChI is InChI=1S/C20H34O6/c1-2-3-6-9-15(24-23)12-13-17-16(18-14-19(17)26-25-18)10-7-4-5-8-11-20(21)22/h12-13,15-19,23H,2-11,14H2,1H3,(H,21,22)/p-1/b13-12+/t15-,16+,17+,18-,19+/m0/s1. The van der Waals surface area contributed by atoms with Gasteiger partial charge < -0.3 is 9.90 Å². The fraction of sp³-hybridized carbons (Fsp3) is 0.850. The van der Waals surface area contributed by atoms with Gasteiger partial charge in [0.15, 0.2) is 0 Å². The van der Waals surface area contributed by atoms with E-state index < -0.39 is 5.97 Å².